The molecular weight excluding hydrogens is 390 g/mol. The fraction of sp³-hybridized carbons (Fsp3) is 0.842. The third-order valence-electron chi connectivity index (χ3n) is 6.26. The highest BCUT2D eigenvalue weighted by Crippen LogP contribution is 2.55. The molecule has 0 aromatic rings. The summed E-state index contributed by atoms with van der Waals surface area (Å²) >= 11 is 0. The highest BCUT2D eigenvalue weighted by atomic mass is 28.4. The Morgan fingerprint density at radius 2 is 1.86 bits per heavy atom. The van der Waals surface area contributed by atoms with Crippen LogP contribution in [-0.2, 0) is 18.3 Å². The number of rotatable bonds is 2. The summed E-state index contributed by atoms with van der Waals surface area (Å²) in [4.78, 5) is 15.0. The van der Waals surface area contributed by atoms with Crippen LogP contribution in [0.15, 0.2) is 15.0 Å². The van der Waals surface area contributed by atoms with Crippen LogP contribution in [0.25, 0.3) is 0 Å². The predicted octanol–water partition coefficient (Wildman–Crippen LogP) is 1.62. The number of nitrogens with zero attached hydrogens (tertiary/aromatic N) is 4. The molecule has 4 aliphatic heterocycles. The van der Waals surface area contributed by atoms with Gasteiger partial charge in [-0.15, -0.1) is 0 Å². The van der Waals surface area contributed by atoms with E-state index < -0.39 is 8.56 Å². The quantitative estimate of drug-likeness (QED) is 0.677. The predicted molar refractivity (Wildman–Crippen MR) is 113 cm³/mol. The summed E-state index contributed by atoms with van der Waals surface area (Å²) in [7, 11) is -0.927. The van der Waals surface area contributed by atoms with E-state index in [1.807, 2.05) is 4.90 Å². The van der Waals surface area contributed by atoms with Gasteiger partial charge in [-0.2, -0.15) is 0 Å². The first-order valence-corrected chi connectivity index (χ1v) is 12.0. The van der Waals surface area contributed by atoms with Gasteiger partial charge < -0.3 is 29.0 Å². The van der Waals surface area contributed by atoms with Crippen molar-refractivity contribution in [3.8, 4) is 0 Å². The molecule has 2 N–H and O–H groups in total. The fourth-order valence-electron chi connectivity index (χ4n) is 5.12. The van der Waals surface area contributed by atoms with Crippen LogP contribution in [0.5, 0.6) is 0 Å². The number of fused-ring (bicyclic) bond motifs is 2. The summed E-state index contributed by atoms with van der Waals surface area (Å²) in [5.74, 6) is 0.458. The Hall–Kier alpha value is -1.33. The summed E-state index contributed by atoms with van der Waals surface area (Å²) in [6.45, 7) is 13.7. The lowest BCUT2D eigenvalue weighted by molar-refractivity contribution is -0.0918. The smallest absolute Gasteiger partial charge is 0.349 e. The largest absolute Gasteiger partial charge is 0.391 e. The number of methoxy groups -OCH3 is 1. The molecule has 4 rings (SSSR count). The van der Waals surface area contributed by atoms with Crippen LogP contribution in [0.1, 0.15) is 41.5 Å². The first-order valence-electron chi connectivity index (χ1n) is 10.2. The van der Waals surface area contributed by atoms with Crippen LogP contribution in [0.4, 0.5) is 0 Å². The lowest BCUT2D eigenvalue weighted by Gasteiger charge is -2.53. The van der Waals surface area contributed by atoms with Gasteiger partial charge >= 0.3 is 8.56 Å². The van der Waals surface area contributed by atoms with E-state index >= 15 is 0 Å². The molecule has 10 heteroatoms. The Labute approximate surface area is 173 Å². The van der Waals surface area contributed by atoms with Crippen molar-refractivity contribution < 1.29 is 18.3 Å². The Morgan fingerprint density at radius 3 is 2.48 bits per heavy atom. The number of hydrogen-bond acceptors (Lipinski definition) is 9. The SMILES string of the molecule is CO[C@@H]1[C@@H]2O[Si](C(C)(C)C)(C(C)(C)C)OC[C@H]2O[C@H]1N1C=NC2C(N)=NC=NC21. The lowest BCUT2D eigenvalue weighted by Crippen LogP contribution is -2.65. The summed E-state index contributed by atoms with van der Waals surface area (Å²) < 4.78 is 25.8. The molecule has 4 heterocycles. The van der Waals surface area contributed by atoms with E-state index in [1.165, 1.54) is 6.34 Å². The number of ether oxygens (including phenoxy) is 2. The number of nitrogens with two attached hydrogens (primary N) is 1. The van der Waals surface area contributed by atoms with Gasteiger partial charge in [-0.3, -0.25) is 4.99 Å². The molecule has 0 saturated carbocycles. The molecule has 0 aliphatic carbocycles. The maximum atomic E-state index is 6.89. The third-order valence-corrected chi connectivity index (χ3v) is 11.4. The minimum absolute atomic E-state index is 0.106. The van der Waals surface area contributed by atoms with Crippen molar-refractivity contribution in [3.63, 3.8) is 0 Å². The van der Waals surface area contributed by atoms with Gasteiger partial charge in [-0.25, -0.2) is 9.98 Å². The Morgan fingerprint density at radius 1 is 1.17 bits per heavy atom. The van der Waals surface area contributed by atoms with E-state index in [1.54, 1.807) is 13.4 Å². The number of amidine groups is 1. The summed E-state index contributed by atoms with van der Waals surface area (Å²) in [6.07, 6.45) is 1.86. The molecule has 0 amide bonds. The van der Waals surface area contributed by atoms with Gasteiger partial charge in [-0.05, 0) is 0 Å². The van der Waals surface area contributed by atoms with Gasteiger partial charge in [0.15, 0.2) is 12.4 Å². The van der Waals surface area contributed by atoms with E-state index in [0.717, 1.165) is 0 Å². The molecule has 162 valence electrons. The average Bonchev–Trinajstić information content (AvgIpc) is 3.20. The van der Waals surface area contributed by atoms with Crippen molar-refractivity contribution >= 4 is 27.1 Å². The fourth-order valence-corrected chi connectivity index (χ4v) is 10.1. The summed E-state index contributed by atoms with van der Waals surface area (Å²) in [5.41, 5.74) is 6.00. The van der Waals surface area contributed by atoms with E-state index in [0.29, 0.717) is 12.4 Å². The number of aliphatic imine (C=N–C) groups is 3. The molecule has 0 aromatic heterocycles. The van der Waals surface area contributed by atoms with Gasteiger partial charge in [-0.1, -0.05) is 41.5 Å². The van der Waals surface area contributed by atoms with Gasteiger partial charge in [0.25, 0.3) is 0 Å². The Balaban J connectivity index is 1.62. The second-order valence-electron chi connectivity index (χ2n) is 10.2. The highest BCUT2D eigenvalue weighted by molar-refractivity contribution is 6.73. The highest BCUT2D eigenvalue weighted by Gasteiger charge is 2.65. The van der Waals surface area contributed by atoms with Crippen LogP contribution in [0.2, 0.25) is 10.1 Å². The van der Waals surface area contributed by atoms with Crippen molar-refractivity contribution in [1.82, 2.24) is 4.90 Å². The maximum absolute atomic E-state index is 6.89. The van der Waals surface area contributed by atoms with Gasteiger partial charge in [0.05, 0.1) is 12.9 Å². The van der Waals surface area contributed by atoms with Gasteiger partial charge in [0.2, 0.25) is 0 Å². The molecule has 0 bridgehead atoms. The monoisotopic (exact) mass is 423 g/mol. The topological polar surface area (TPSA) is 103 Å². The molecule has 29 heavy (non-hydrogen) atoms. The molecule has 4 aliphatic rings. The van der Waals surface area contributed by atoms with Crippen molar-refractivity contribution in [3.05, 3.63) is 0 Å². The van der Waals surface area contributed by atoms with Crippen LogP contribution < -0.4 is 5.73 Å². The Bertz CT molecular complexity index is 730. The zero-order chi connectivity index (χ0) is 21.2. The molecule has 2 unspecified atom stereocenters. The maximum Gasteiger partial charge on any atom is 0.349 e. The van der Waals surface area contributed by atoms with Crippen LogP contribution >= 0.6 is 0 Å². The molecule has 0 radical (unpaired) electrons. The molecule has 6 atom stereocenters. The number of hydrogen-bond donors (Lipinski definition) is 1. The zero-order valence-corrected chi connectivity index (χ0v) is 19.3. The van der Waals surface area contributed by atoms with E-state index in [9.17, 15) is 0 Å². The molecule has 0 spiro atoms. The standard InChI is InChI=1S/C19H33N5O4Si/c1-18(2,3)29(19(4,5)6)26-8-11-13(28-29)14(25-7)17(27-11)24-10-23-12-15(20)21-9-22-16(12)24/h9-14,16-17H,8H2,1-7H3,(H2,20,21,22)/t11-,12?,13-,14-,16?,17-/m1/s1. The van der Waals surface area contributed by atoms with Crippen LogP contribution in [0.3, 0.4) is 0 Å². The normalized spacial score (nSPS) is 38.7. The zero-order valence-electron chi connectivity index (χ0n) is 18.3. The van der Waals surface area contributed by atoms with E-state index in [2.05, 4.69) is 56.5 Å². The second-order valence-corrected chi connectivity index (χ2v) is 14.9. The summed E-state index contributed by atoms with van der Waals surface area (Å²) in [6, 6.07) is -0.293. The van der Waals surface area contributed by atoms with E-state index in [4.69, 9.17) is 24.1 Å². The van der Waals surface area contributed by atoms with Crippen molar-refractivity contribution in [2.24, 2.45) is 20.7 Å². The Kier molecular flexibility index (Phi) is 4.94. The lowest BCUT2D eigenvalue weighted by atomic mass is 10.1. The third kappa shape index (κ3) is 3.07. The van der Waals surface area contributed by atoms with Crippen molar-refractivity contribution in [2.75, 3.05) is 13.7 Å². The molecule has 0 aromatic carbocycles. The molecule has 2 fully saturated rings. The van der Waals surface area contributed by atoms with Gasteiger partial charge in [0, 0.05) is 17.2 Å². The summed E-state index contributed by atoms with van der Waals surface area (Å²) in [5, 5.41) is -0.212. The van der Waals surface area contributed by atoms with E-state index in [-0.39, 0.29) is 46.8 Å². The first-order chi connectivity index (χ1) is 13.5. The van der Waals surface area contributed by atoms with Crippen molar-refractivity contribution in [1.29, 1.82) is 0 Å². The molecule has 2 saturated heterocycles. The molecular formula is C19H33N5O4Si. The minimum atomic E-state index is -2.63. The van der Waals surface area contributed by atoms with Crippen molar-refractivity contribution in [2.45, 2.75) is 88.4 Å². The van der Waals surface area contributed by atoms with Crippen LogP contribution in [-0.4, -0.2) is 82.4 Å². The van der Waals surface area contributed by atoms with Crippen LogP contribution in [0, 0.1) is 0 Å². The van der Waals surface area contributed by atoms with Gasteiger partial charge in [0.1, 0.15) is 36.5 Å². The molecule has 9 nitrogen and oxygen atoms in total. The second kappa shape index (κ2) is 6.84. The minimum Gasteiger partial charge on any atom is -0.391 e. The average molecular weight is 424 g/mol. The first kappa shape index (κ1) is 20.9.